The number of piperidine rings is 1. The van der Waals surface area contributed by atoms with Gasteiger partial charge in [0.25, 0.3) is 0 Å². The maximum Gasteiger partial charge on any atom is 0.223 e. The predicted octanol–water partition coefficient (Wildman–Crippen LogP) is 3.22. The second kappa shape index (κ2) is 6.48. The van der Waals surface area contributed by atoms with Crippen LogP contribution in [0.3, 0.4) is 0 Å². The van der Waals surface area contributed by atoms with Crippen molar-refractivity contribution < 1.29 is 0 Å². The molecule has 3 rings (SSSR count). The summed E-state index contributed by atoms with van der Waals surface area (Å²) in [6, 6.07) is 6.32. The minimum Gasteiger partial charge on any atom is -0.371 e. The van der Waals surface area contributed by atoms with Crippen LogP contribution in [-0.4, -0.2) is 34.1 Å². The van der Waals surface area contributed by atoms with Crippen molar-refractivity contribution in [3.63, 3.8) is 0 Å². The Hall–Kier alpha value is -1.88. The Balaban J connectivity index is 1.60. The molecule has 0 spiro atoms. The van der Waals surface area contributed by atoms with Crippen LogP contribution in [0.1, 0.15) is 24.2 Å². The number of hydrogen-bond donors (Lipinski definition) is 1. The number of pyridine rings is 1. The maximum atomic E-state index is 5.96. The van der Waals surface area contributed by atoms with E-state index in [1.54, 1.807) is 6.20 Å². The van der Waals surface area contributed by atoms with Gasteiger partial charge in [0.15, 0.2) is 0 Å². The lowest BCUT2D eigenvalue weighted by Crippen LogP contribution is -2.39. The average Bonchev–Trinajstić information content (AvgIpc) is 2.47. The maximum absolute atomic E-state index is 5.96. The van der Waals surface area contributed by atoms with Crippen molar-refractivity contribution in [2.45, 2.75) is 32.7 Å². The molecule has 0 amide bonds. The van der Waals surface area contributed by atoms with E-state index in [9.17, 15) is 0 Å². The second-order valence-electron chi connectivity index (χ2n) is 5.72. The number of rotatable bonds is 3. The number of hydrogen-bond acceptors (Lipinski definition) is 5. The molecule has 1 fully saturated rings. The number of anilines is 2. The normalized spacial score (nSPS) is 15.9. The standard InChI is InChI=1S/C16H20ClN5/c1-11-9-12(2)20-16(19-11)21-13-4-7-22(8-5-13)14-3-6-18-15(17)10-14/h3,6,9-10,13H,4-5,7-8H2,1-2H3,(H,19,20,21). The van der Waals surface area contributed by atoms with Gasteiger partial charge in [0, 0.05) is 42.4 Å². The van der Waals surface area contributed by atoms with Gasteiger partial charge < -0.3 is 10.2 Å². The molecule has 1 saturated heterocycles. The lowest BCUT2D eigenvalue weighted by atomic mass is 10.0. The molecule has 22 heavy (non-hydrogen) atoms. The quantitative estimate of drug-likeness (QED) is 0.881. The predicted molar refractivity (Wildman–Crippen MR) is 89.6 cm³/mol. The smallest absolute Gasteiger partial charge is 0.223 e. The summed E-state index contributed by atoms with van der Waals surface area (Å²) in [5.74, 6) is 0.739. The third kappa shape index (κ3) is 3.65. The third-order valence-corrected chi connectivity index (χ3v) is 4.09. The Bertz CT molecular complexity index is 632. The SMILES string of the molecule is Cc1cc(C)nc(NC2CCN(c3ccnc(Cl)c3)CC2)n1. The van der Waals surface area contributed by atoms with Crippen LogP contribution in [0.5, 0.6) is 0 Å². The topological polar surface area (TPSA) is 53.9 Å². The first-order valence-electron chi connectivity index (χ1n) is 7.55. The lowest BCUT2D eigenvalue weighted by Gasteiger charge is -2.34. The fourth-order valence-corrected chi connectivity index (χ4v) is 3.01. The Morgan fingerprint density at radius 3 is 2.45 bits per heavy atom. The van der Waals surface area contributed by atoms with E-state index in [0.717, 1.165) is 49.0 Å². The van der Waals surface area contributed by atoms with E-state index in [1.165, 1.54) is 0 Å². The molecule has 0 bridgehead atoms. The van der Waals surface area contributed by atoms with Crippen LogP contribution in [0.25, 0.3) is 0 Å². The highest BCUT2D eigenvalue weighted by Crippen LogP contribution is 2.23. The molecule has 116 valence electrons. The minimum atomic E-state index is 0.412. The van der Waals surface area contributed by atoms with Crippen LogP contribution >= 0.6 is 11.6 Å². The highest BCUT2D eigenvalue weighted by Gasteiger charge is 2.20. The van der Waals surface area contributed by atoms with Gasteiger partial charge in [0.2, 0.25) is 5.95 Å². The zero-order valence-electron chi connectivity index (χ0n) is 12.9. The van der Waals surface area contributed by atoms with Gasteiger partial charge in [-0.1, -0.05) is 11.6 Å². The summed E-state index contributed by atoms with van der Waals surface area (Å²) in [6.07, 6.45) is 3.86. The summed E-state index contributed by atoms with van der Waals surface area (Å²) in [6.45, 7) is 5.97. The van der Waals surface area contributed by atoms with E-state index < -0.39 is 0 Å². The van der Waals surface area contributed by atoms with E-state index in [0.29, 0.717) is 11.2 Å². The van der Waals surface area contributed by atoms with Crippen molar-refractivity contribution in [1.29, 1.82) is 0 Å². The van der Waals surface area contributed by atoms with E-state index in [1.807, 2.05) is 32.0 Å². The van der Waals surface area contributed by atoms with Crippen molar-refractivity contribution in [2.24, 2.45) is 0 Å². The summed E-state index contributed by atoms with van der Waals surface area (Å²) >= 11 is 5.96. The average molecular weight is 318 g/mol. The zero-order valence-corrected chi connectivity index (χ0v) is 13.6. The van der Waals surface area contributed by atoms with Crippen LogP contribution < -0.4 is 10.2 Å². The van der Waals surface area contributed by atoms with Crippen LogP contribution in [-0.2, 0) is 0 Å². The Morgan fingerprint density at radius 2 is 1.82 bits per heavy atom. The van der Waals surface area contributed by atoms with Crippen LogP contribution in [0, 0.1) is 13.8 Å². The van der Waals surface area contributed by atoms with E-state index >= 15 is 0 Å². The van der Waals surface area contributed by atoms with Crippen molar-refractivity contribution >= 4 is 23.2 Å². The van der Waals surface area contributed by atoms with Gasteiger partial charge in [-0.25, -0.2) is 15.0 Å². The number of aromatic nitrogens is 3. The van der Waals surface area contributed by atoms with Crippen LogP contribution in [0.2, 0.25) is 5.15 Å². The Morgan fingerprint density at radius 1 is 1.14 bits per heavy atom. The van der Waals surface area contributed by atoms with Gasteiger partial charge in [-0.05, 0) is 44.9 Å². The second-order valence-corrected chi connectivity index (χ2v) is 6.10. The van der Waals surface area contributed by atoms with Gasteiger partial charge in [-0.3, -0.25) is 0 Å². The lowest BCUT2D eigenvalue weighted by molar-refractivity contribution is 0.523. The molecular weight excluding hydrogens is 298 g/mol. The van der Waals surface area contributed by atoms with E-state index in [-0.39, 0.29) is 0 Å². The third-order valence-electron chi connectivity index (χ3n) is 3.89. The molecule has 1 aliphatic heterocycles. The van der Waals surface area contributed by atoms with E-state index in [4.69, 9.17) is 11.6 Å². The molecule has 0 atom stereocenters. The van der Waals surface area contributed by atoms with Crippen molar-refractivity contribution in [1.82, 2.24) is 15.0 Å². The molecule has 5 nitrogen and oxygen atoms in total. The summed E-state index contributed by atoms with van der Waals surface area (Å²) < 4.78 is 0. The molecule has 6 heteroatoms. The molecule has 0 aromatic carbocycles. The van der Waals surface area contributed by atoms with E-state index in [2.05, 4.69) is 25.2 Å². The first kappa shape index (κ1) is 15.0. The fourth-order valence-electron chi connectivity index (χ4n) is 2.84. The highest BCUT2D eigenvalue weighted by atomic mass is 35.5. The van der Waals surface area contributed by atoms with Gasteiger partial charge in [-0.15, -0.1) is 0 Å². The molecule has 1 aliphatic rings. The van der Waals surface area contributed by atoms with Gasteiger partial charge >= 0.3 is 0 Å². The van der Waals surface area contributed by atoms with Gasteiger partial charge in [0.05, 0.1) is 0 Å². The van der Waals surface area contributed by atoms with Crippen LogP contribution in [0.15, 0.2) is 24.4 Å². The summed E-state index contributed by atoms with van der Waals surface area (Å²) in [7, 11) is 0. The van der Waals surface area contributed by atoms with Crippen LogP contribution in [0.4, 0.5) is 11.6 Å². The number of nitrogens with one attached hydrogen (secondary N) is 1. The molecule has 2 aromatic rings. The first-order chi connectivity index (χ1) is 10.6. The van der Waals surface area contributed by atoms with Crippen molar-refractivity contribution in [3.8, 4) is 0 Å². The molecule has 0 unspecified atom stereocenters. The zero-order chi connectivity index (χ0) is 15.5. The Labute approximate surface area is 135 Å². The number of nitrogens with zero attached hydrogens (tertiary/aromatic N) is 4. The molecular formula is C16H20ClN5. The molecule has 1 N–H and O–H groups in total. The number of aryl methyl sites for hydroxylation is 2. The Kier molecular flexibility index (Phi) is 4.43. The highest BCUT2D eigenvalue weighted by molar-refractivity contribution is 6.29. The molecule has 2 aromatic heterocycles. The molecule has 0 saturated carbocycles. The monoisotopic (exact) mass is 317 g/mol. The first-order valence-corrected chi connectivity index (χ1v) is 7.93. The van der Waals surface area contributed by atoms with Gasteiger partial charge in [-0.2, -0.15) is 0 Å². The molecule has 0 radical (unpaired) electrons. The van der Waals surface area contributed by atoms with Gasteiger partial charge in [0.1, 0.15) is 5.15 Å². The minimum absolute atomic E-state index is 0.412. The number of halogens is 1. The largest absolute Gasteiger partial charge is 0.371 e. The summed E-state index contributed by atoms with van der Waals surface area (Å²) in [4.78, 5) is 15.3. The summed E-state index contributed by atoms with van der Waals surface area (Å²) in [5, 5.41) is 4.00. The fraction of sp³-hybridized carbons (Fsp3) is 0.438. The van der Waals surface area contributed by atoms with Crippen molar-refractivity contribution in [3.05, 3.63) is 40.9 Å². The molecule has 3 heterocycles. The van der Waals surface area contributed by atoms with Crippen molar-refractivity contribution in [2.75, 3.05) is 23.3 Å². The summed E-state index contributed by atoms with van der Waals surface area (Å²) in [5.41, 5.74) is 3.14. The molecule has 0 aliphatic carbocycles.